The molecule has 4 aliphatic rings. The smallest absolute Gasteiger partial charge is 0.748 e. The Bertz CT molecular complexity index is 1500. The van der Waals surface area contributed by atoms with Crippen LogP contribution in [0.1, 0.15) is 103 Å². The average Bonchev–Trinajstić information content (AvgIpc) is 3.07. The third-order valence-electron chi connectivity index (χ3n) is 7.33. The Labute approximate surface area is 502 Å². The molecule has 0 heterocycles. The van der Waals surface area contributed by atoms with Gasteiger partial charge in [0.15, 0.2) is 0 Å². The van der Waals surface area contributed by atoms with E-state index in [1.54, 1.807) is 0 Å². The Hall–Kier alpha value is 1.61. The van der Waals surface area contributed by atoms with Gasteiger partial charge in [-0.15, -0.1) is 0 Å². The molecule has 4 aliphatic carbocycles. The molecule has 75 heavy (non-hydrogen) atoms. The van der Waals surface area contributed by atoms with Crippen molar-refractivity contribution in [3.8, 4) is 0 Å². The number of aliphatic hydroxyl groups excluding tert-OH is 2. The quantitative estimate of drug-likeness (QED) is 0.140. The van der Waals surface area contributed by atoms with Crippen molar-refractivity contribution in [2.24, 2.45) is 0 Å². The van der Waals surface area contributed by atoms with Crippen molar-refractivity contribution in [3.63, 3.8) is 0 Å². The minimum absolute atomic E-state index is 0. The average molecular weight is 1950 g/mol. The van der Waals surface area contributed by atoms with Gasteiger partial charge in [-0.2, -0.15) is 73.6 Å². The van der Waals surface area contributed by atoms with Crippen LogP contribution in [0.2, 0.25) is 0 Å². The maximum atomic E-state index is 9.19. The number of aliphatic hydroxyl groups is 4. The zero-order chi connectivity index (χ0) is 56.1. The van der Waals surface area contributed by atoms with Crippen LogP contribution in [0.3, 0.4) is 0 Å². The van der Waals surface area contributed by atoms with Crippen molar-refractivity contribution in [3.05, 3.63) is 45.9 Å². The van der Waals surface area contributed by atoms with Gasteiger partial charge in [-0.1, -0.05) is 103 Å². The largest absolute Gasteiger partial charge is 2.00 e. The Morgan fingerprint density at radius 3 is 0.387 bits per heavy atom. The molecule has 21 N–H and O–H groups in total. The van der Waals surface area contributed by atoms with E-state index in [9.17, 15) is 25.3 Å². The van der Waals surface area contributed by atoms with Gasteiger partial charge in [-0.3, -0.25) is 13.7 Å². The Morgan fingerprint density at radius 1 is 0.307 bits per heavy atom. The fourth-order valence-corrected chi connectivity index (χ4v) is 4.52. The molecule has 4 fully saturated rings. The molecule has 0 saturated heterocycles. The minimum atomic E-state index is -3.92. The van der Waals surface area contributed by atoms with Crippen LogP contribution in [0.5, 0.6) is 0 Å². The SMILES string of the molecule is CS(=O)(=O)O.CS(=O)(=O)O.CS(=O)(=O)O.CS(=O)(=O)[O-].CS(=O)(=O)[O-].CS(=O)(=O)[O-].O.O.O.OC(O)C(O)O.[NH-]C1CCCCC1[NH-].[NH-]C1CCCCC1[NH-].[NH-]C1CCCCC1[NH-].[NH-]C1CCCCC1[NH-].[Pt+2].[Pt+2].[Pt+2].[Pt+2]. The van der Waals surface area contributed by atoms with Crippen LogP contribution < -0.4 is 0 Å². The van der Waals surface area contributed by atoms with Crippen LogP contribution in [-0.2, 0) is 145 Å². The van der Waals surface area contributed by atoms with Crippen molar-refractivity contribution >= 4 is 60.7 Å². The first-order valence-corrected chi connectivity index (χ1v) is 30.8. The van der Waals surface area contributed by atoms with Gasteiger partial charge in [0.05, 0.1) is 49.1 Å². The van der Waals surface area contributed by atoms with Crippen LogP contribution >= 0.6 is 0 Å². The van der Waals surface area contributed by atoms with Crippen molar-refractivity contribution in [2.75, 3.05) is 37.5 Å². The van der Waals surface area contributed by atoms with Gasteiger partial charge in [0.1, 0.15) is 0 Å². The van der Waals surface area contributed by atoms with Gasteiger partial charge >= 0.3 is 84.3 Å². The van der Waals surface area contributed by atoms with E-state index in [2.05, 4.69) is 0 Å². The fraction of sp³-hybridized carbons (Fsp3) is 1.00. The monoisotopic (exact) mass is 1950 g/mol. The molecule has 8 atom stereocenters. The molecule has 0 aromatic rings. The molecule has 0 radical (unpaired) electrons. The molecule has 8 unspecified atom stereocenters. The van der Waals surface area contributed by atoms with Crippen LogP contribution in [-0.4, -0.2) is 213 Å². The molecule has 4 saturated carbocycles. The predicted octanol–water partition coefficient (Wildman–Crippen LogP) is 0.728. The van der Waals surface area contributed by atoms with Gasteiger partial charge in [-0.25, -0.2) is 25.3 Å². The summed E-state index contributed by atoms with van der Waals surface area (Å²) in [6.45, 7) is 0. The van der Waals surface area contributed by atoms with Crippen LogP contribution in [0.25, 0.3) is 45.9 Å². The summed E-state index contributed by atoms with van der Waals surface area (Å²) in [5, 5.41) is 30.7. The molecule has 478 valence electrons. The minimum Gasteiger partial charge on any atom is -0.748 e. The fourth-order valence-electron chi connectivity index (χ4n) is 4.52. The zero-order valence-electron chi connectivity index (χ0n) is 41.6. The van der Waals surface area contributed by atoms with Crippen LogP contribution in [0, 0.1) is 0 Å². The topological polar surface area (TPSA) is 701 Å². The first kappa shape index (κ1) is 112. The molecule has 43 heteroatoms. The third kappa shape index (κ3) is 166. The Kier molecular flexibility index (Phi) is 89.7. The van der Waals surface area contributed by atoms with E-state index >= 15 is 0 Å². The molecule has 4 rings (SSSR count). The molecule has 0 bridgehead atoms. The van der Waals surface area contributed by atoms with Crippen LogP contribution in [0.15, 0.2) is 0 Å². The molecule has 0 spiro atoms. The number of rotatable bonds is 1. The molecule has 0 aliphatic heterocycles. The van der Waals surface area contributed by atoms with E-state index < -0.39 is 73.3 Å². The van der Waals surface area contributed by atoms with Crippen molar-refractivity contribution in [2.45, 2.75) is 164 Å². The second kappa shape index (κ2) is 60.2. The van der Waals surface area contributed by atoms with Crippen molar-refractivity contribution < 1.29 is 199 Å². The van der Waals surface area contributed by atoms with E-state index in [0.29, 0.717) is 37.5 Å². The predicted molar refractivity (Wildman–Crippen MR) is 265 cm³/mol. The first-order chi connectivity index (χ1) is 29.9. The van der Waals surface area contributed by atoms with E-state index in [0.717, 1.165) is 51.4 Å². The zero-order valence-corrected chi connectivity index (χ0v) is 55.5. The van der Waals surface area contributed by atoms with Gasteiger partial charge in [0.25, 0.3) is 30.4 Å². The van der Waals surface area contributed by atoms with E-state index in [-0.39, 0.29) is 149 Å². The molecule has 0 amide bonds. The summed E-state index contributed by atoms with van der Waals surface area (Å²) < 4.78 is 159. The van der Waals surface area contributed by atoms with Crippen molar-refractivity contribution in [1.29, 1.82) is 0 Å². The molecular formula is C32H81N8O25Pt4S6-3. The summed E-state index contributed by atoms with van der Waals surface area (Å²) in [6.07, 6.45) is 16.9. The maximum Gasteiger partial charge on any atom is 2.00 e. The number of nitrogens with one attached hydrogen (secondary N) is 8. The molecule has 0 aromatic carbocycles. The van der Waals surface area contributed by atoms with Crippen molar-refractivity contribution in [1.82, 2.24) is 0 Å². The maximum absolute atomic E-state index is 9.19. The second-order valence-electron chi connectivity index (χ2n) is 15.1. The summed E-state index contributed by atoms with van der Waals surface area (Å²) in [6, 6.07) is -0.639. The summed E-state index contributed by atoms with van der Waals surface area (Å²) in [7, 11) is -22.8. The second-order valence-corrected chi connectivity index (χ2v) is 23.8. The van der Waals surface area contributed by atoms with E-state index in [1.165, 1.54) is 51.4 Å². The standard InChI is InChI=1S/4C6H12N2.C2H6O4.6CH4O3S.3H2O.4Pt/c4*7-5-3-1-2-4-6(5)8;3-1(4)2(5)6;6*1-5(2,3)4;;;;;;;/h4*5-8H,1-4H2;1-6H;6*1H3,(H,2,3,4);3*1H2;;;;/q4*-2;;;;;;;;;;;4*+2/p-3. The number of hydrogen-bond donors (Lipinski definition) is 7. The van der Waals surface area contributed by atoms with Gasteiger partial charge in [-0.05, 0) is 0 Å². The Morgan fingerprint density at radius 2 is 0.360 bits per heavy atom. The molecule has 0 aromatic heterocycles. The summed E-state index contributed by atoms with van der Waals surface area (Å²) in [5.74, 6) is 0. The molecule has 33 nitrogen and oxygen atoms in total. The van der Waals surface area contributed by atoms with Gasteiger partial charge in [0.2, 0.25) is 12.6 Å². The third-order valence-corrected chi connectivity index (χ3v) is 7.33. The van der Waals surface area contributed by atoms with Crippen LogP contribution in [0.4, 0.5) is 0 Å². The summed E-state index contributed by atoms with van der Waals surface area (Å²) >= 11 is 0. The Balaban J connectivity index is -0.0000000454. The summed E-state index contributed by atoms with van der Waals surface area (Å²) in [5.41, 5.74) is 58.3. The van der Waals surface area contributed by atoms with E-state index in [1.807, 2.05) is 0 Å². The normalized spacial score (nSPS) is 22.5. The molecular weight excluding hydrogens is 1870 g/mol. The first-order valence-electron chi connectivity index (χ1n) is 19.8. The van der Waals surface area contributed by atoms with Gasteiger partial charge in [0, 0.05) is 18.8 Å². The summed E-state index contributed by atoms with van der Waals surface area (Å²) in [4.78, 5) is 0. The van der Waals surface area contributed by atoms with Gasteiger partial charge < -0.3 is 96.4 Å². The number of hydrogen-bond acceptors (Lipinski definition) is 19. The van der Waals surface area contributed by atoms with E-state index in [4.69, 9.17) is 119 Å².